The average Bonchev–Trinajstić information content (AvgIpc) is 2.85. The number of hydrogen-bond donors (Lipinski definition) is 1. The summed E-state index contributed by atoms with van der Waals surface area (Å²) in [5.74, 6) is 0.0577. The largest absolute Gasteiger partial charge is 0.492 e. The summed E-state index contributed by atoms with van der Waals surface area (Å²) in [6.07, 6.45) is 1.33. The Bertz CT molecular complexity index is 975. The van der Waals surface area contributed by atoms with E-state index in [1.165, 1.54) is 21.9 Å². The van der Waals surface area contributed by atoms with Gasteiger partial charge in [0.25, 0.3) is 11.5 Å². The first-order valence-corrected chi connectivity index (χ1v) is 8.35. The predicted octanol–water partition coefficient (Wildman–Crippen LogP) is 3.02. The van der Waals surface area contributed by atoms with Crippen LogP contribution in [0.4, 0.5) is 5.69 Å². The summed E-state index contributed by atoms with van der Waals surface area (Å²) >= 11 is 1.43. The predicted molar refractivity (Wildman–Crippen MR) is 94.4 cm³/mol. The van der Waals surface area contributed by atoms with Crippen LogP contribution in [-0.2, 0) is 0 Å². The molecule has 0 aliphatic heterocycles. The van der Waals surface area contributed by atoms with E-state index in [0.717, 1.165) is 10.6 Å². The Kier molecular flexibility index (Phi) is 4.35. The molecular weight excluding hydrogens is 326 g/mol. The van der Waals surface area contributed by atoms with Gasteiger partial charge in [0, 0.05) is 16.8 Å². The molecule has 2 heterocycles. The van der Waals surface area contributed by atoms with Crippen LogP contribution in [0.5, 0.6) is 5.75 Å². The number of aromatic nitrogens is 2. The molecule has 124 valence electrons. The highest BCUT2D eigenvalue weighted by Crippen LogP contribution is 2.24. The van der Waals surface area contributed by atoms with E-state index in [4.69, 9.17) is 4.74 Å². The number of thiazole rings is 1. The van der Waals surface area contributed by atoms with E-state index >= 15 is 0 Å². The van der Waals surface area contributed by atoms with E-state index in [1.807, 2.05) is 26.8 Å². The highest BCUT2D eigenvalue weighted by molar-refractivity contribution is 7.17. The maximum absolute atomic E-state index is 12.6. The zero-order valence-electron chi connectivity index (χ0n) is 13.6. The minimum atomic E-state index is -0.502. The molecule has 3 aromatic rings. The Morgan fingerprint density at radius 2 is 2.08 bits per heavy atom. The summed E-state index contributed by atoms with van der Waals surface area (Å²) in [6, 6.07) is 7.10. The van der Waals surface area contributed by atoms with Crippen molar-refractivity contribution in [1.82, 2.24) is 9.38 Å². The number of nitrogens with one attached hydrogen (secondary N) is 1. The molecule has 6 nitrogen and oxygen atoms in total. The summed E-state index contributed by atoms with van der Waals surface area (Å²) in [5, 5.41) is 2.73. The quantitative estimate of drug-likeness (QED) is 0.790. The van der Waals surface area contributed by atoms with Gasteiger partial charge in [-0.15, -0.1) is 11.3 Å². The Morgan fingerprint density at radius 3 is 2.83 bits per heavy atom. The number of carbonyl (C=O) groups excluding carboxylic acids is 1. The standard InChI is InChI=1S/C17H17N3O3S/c1-4-23-14-8-6-5-7-13(14)19-15(21)12-9-18-17-20(16(12)22)10(2)11(3)24-17/h5-9H,4H2,1-3H3,(H,19,21). The van der Waals surface area contributed by atoms with E-state index in [0.29, 0.717) is 23.0 Å². The first kappa shape index (κ1) is 16.2. The van der Waals surface area contributed by atoms with E-state index < -0.39 is 5.91 Å². The van der Waals surface area contributed by atoms with Crippen LogP contribution in [-0.4, -0.2) is 21.9 Å². The van der Waals surface area contributed by atoms with Crippen LogP contribution in [0.1, 0.15) is 27.9 Å². The number of aryl methyl sites for hydroxylation is 2. The van der Waals surface area contributed by atoms with Crippen molar-refractivity contribution < 1.29 is 9.53 Å². The molecule has 1 N–H and O–H groups in total. The topological polar surface area (TPSA) is 72.7 Å². The van der Waals surface area contributed by atoms with Crippen molar-refractivity contribution >= 4 is 27.9 Å². The zero-order chi connectivity index (χ0) is 17.3. The van der Waals surface area contributed by atoms with Crippen molar-refractivity contribution in [2.75, 3.05) is 11.9 Å². The number of rotatable bonds is 4. The lowest BCUT2D eigenvalue weighted by molar-refractivity contribution is 0.102. The molecule has 0 fully saturated rings. The van der Waals surface area contributed by atoms with Crippen molar-refractivity contribution in [3.8, 4) is 5.75 Å². The van der Waals surface area contributed by atoms with Gasteiger partial charge in [-0.3, -0.25) is 14.0 Å². The van der Waals surface area contributed by atoms with Crippen LogP contribution in [0, 0.1) is 13.8 Å². The van der Waals surface area contributed by atoms with Crippen LogP contribution >= 0.6 is 11.3 Å². The lowest BCUT2D eigenvalue weighted by Crippen LogP contribution is -2.26. The number of ether oxygens (including phenoxy) is 1. The van der Waals surface area contributed by atoms with Crippen molar-refractivity contribution in [2.45, 2.75) is 20.8 Å². The van der Waals surface area contributed by atoms with Gasteiger partial charge in [-0.25, -0.2) is 4.98 Å². The molecule has 0 bridgehead atoms. The number of hydrogen-bond acceptors (Lipinski definition) is 5. The first-order chi connectivity index (χ1) is 11.5. The van der Waals surface area contributed by atoms with Crippen molar-refractivity contribution in [1.29, 1.82) is 0 Å². The van der Waals surface area contributed by atoms with Crippen molar-refractivity contribution in [2.24, 2.45) is 0 Å². The molecule has 1 aromatic carbocycles. The van der Waals surface area contributed by atoms with Crippen LogP contribution in [0.2, 0.25) is 0 Å². The molecule has 1 amide bonds. The first-order valence-electron chi connectivity index (χ1n) is 7.54. The van der Waals surface area contributed by atoms with Gasteiger partial charge in [-0.05, 0) is 32.9 Å². The number of anilines is 1. The fraction of sp³-hybridized carbons (Fsp3) is 0.235. The van der Waals surface area contributed by atoms with Gasteiger partial charge in [-0.2, -0.15) is 0 Å². The number of nitrogens with zero attached hydrogens (tertiary/aromatic N) is 2. The summed E-state index contributed by atoms with van der Waals surface area (Å²) in [5.41, 5.74) is 0.955. The van der Waals surface area contributed by atoms with Crippen LogP contribution in [0.15, 0.2) is 35.3 Å². The number of carbonyl (C=O) groups is 1. The van der Waals surface area contributed by atoms with Crippen LogP contribution < -0.4 is 15.6 Å². The Hall–Kier alpha value is -2.67. The van der Waals surface area contributed by atoms with Crippen molar-refractivity contribution in [3.05, 3.63) is 57.0 Å². The van der Waals surface area contributed by atoms with Gasteiger partial charge >= 0.3 is 0 Å². The molecule has 0 saturated heterocycles. The lowest BCUT2D eigenvalue weighted by Gasteiger charge is -2.11. The van der Waals surface area contributed by atoms with Gasteiger partial charge in [0.15, 0.2) is 4.96 Å². The highest BCUT2D eigenvalue weighted by atomic mass is 32.1. The van der Waals surface area contributed by atoms with E-state index in [9.17, 15) is 9.59 Å². The molecule has 0 spiro atoms. The fourth-order valence-electron chi connectivity index (χ4n) is 2.37. The Morgan fingerprint density at radius 1 is 1.33 bits per heavy atom. The monoisotopic (exact) mass is 343 g/mol. The Labute approximate surface area is 142 Å². The molecule has 0 saturated carbocycles. The molecule has 24 heavy (non-hydrogen) atoms. The highest BCUT2D eigenvalue weighted by Gasteiger charge is 2.17. The minimum Gasteiger partial charge on any atom is -0.492 e. The van der Waals surface area contributed by atoms with Gasteiger partial charge in [0.05, 0.1) is 12.3 Å². The maximum Gasteiger partial charge on any atom is 0.271 e. The lowest BCUT2D eigenvalue weighted by atomic mass is 10.2. The molecule has 7 heteroatoms. The second kappa shape index (κ2) is 6.45. The minimum absolute atomic E-state index is 0.000276. The van der Waals surface area contributed by atoms with Gasteiger partial charge < -0.3 is 10.1 Å². The van der Waals surface area contributed by atoms with E-state index in [-0.39, 0.29) is 11.1 Å². The van der Waals surface area contributed by atoms with Crippen LogP contribution in [0.25, 0.3) is 4.96 Å². The summed E-state index contributed by atoms with van der Waals surface area (Å²) in [6.45, 7) is 6.11. The maximum atomic E-state index is 12.6. The van der Waals surface area contributed by atoms with E-state index in [2.05, 4.69) is 10.3 Å². The molecule has 3 rings (SSSR count). The smallest absolute Gasteiger partial charge is 0.271 e. The fourth-order valence-corrected chi connectivity index (χ4v) is 3.30. The molecule has 0 aliphatic carbocycles. The second-order valence-corrected chi connectivity index (χ2v) is 6.40. The number of amides is 1. The molecule has 2 aromatic heterocycles. The Balaban J connectivity index is 1.99. The summed E-state index contributed by atoms with van der Waals surface area (Å²) < 4.78 is 6.96. The molecule has 0 atom stereocenters. The third-order valence-corrected chi connectivity index (χ3v) is 4.77. The molecular formula is C17H17N3O3S. The third-order valence-electron chi connectivity index (χ3n) is 3.70. The second-order valence-electron chi connectivity index (χ2n) is 5.22. The van der Waals surface area contributed by atoms with E-state index in [1.54, 1.807) is 18.2 Å². The third kappa shape index (κ3) is 2.78. The van der Waals surface area contributed by atoms with Gasteiger partial charge in [0.2, 0.25) is 0 Å². The number of para-hydroxylation sites is 2. The molecule has 0 unspecified atom stereocenters. The average molecular weight is 343 g/mol. The molecule has 0 aliphatic rings. The summed E-state index contributed by atoms with van der Waals surface area (Å²) in [4.78, 5) is 31.0. The number of benzene rings is 1. The zero-order valence-corrected chi connectivity index (χ0v) is 14.4. The van der Waals surface area contributed by atoms with Crippen LogP contribution in [0.3, 0.4) is 0 Å². The SMILES string of the molecule is CCOc1ccccc1NC(=O)c1cnc2sc(C)c(C)n2c1=O. The normalized spacial score (nSPS) is 10.8. The van der Waals surface area contributed by atoms with Gasteiger partial charge in [-0.1, -0.05) is 12.1 Å². The van der Waals surface area contributed by atoms with Gasteiger partial charge in [0.1, 0.15) is 11.3 Å². The number of fused-ring (bicyclic) bond motifs is 1. The summed E-state index contributed by atoms with van der Waals surface area (Å²) in [7, 11) is 0. The van der Waals surface area contributed by atoms with Crippen molar-refractivity contribution in [3.63, 3.8) is 0 Å². The molecule has 0 radical (unpaired) electrons.